The van der Waals surface area contributed by atoms with Gasteiger partial charge in [-0.1, -0.05) is 18.2 Å². The van der Waals surface area contributed by atoms with E-state index in [2.05, 4.69) is 18.0 Å². The SMILES string of the molecule is CN1CCN(C(=O)CN)c2ccccc2C1. The topological polar surface area (TPSA) is 49.6 Å². The van der Waals surface area contributed by atoms with Crippen molar-refractivity contribution in [3.8, 4) is 0 Å². The molecule has 1 aromatic carbocycles. The van der Waals surface area contributed by atoms with E-state index in [4.69, 9.17) is 5.73 Å². The fourth-order valence-corrected chi connectivity index (χ4v) is 2.04. The van der Waals surface area contributed by atoms with E-state index < -0.39 is 0 Å². The van der Waals surface area contributed by atoms with Gasteiger partial charge in [0.05, 0.1) is 6.54 Å². The molecule has 0 bridgehead atoms. The van der Waals surface area contributed by atoms with E-state index in [1.807, 2.05) is 18.2 Å². The van der Waals surface area contributed by atoms with Crippen molar-refractivity contribution in [3.05, 3.63) is 29.8 Å². The summed E-state index contributed by atoms with van der Waals surface area (Å²) in [4.78, 5) is 15.8. The first-order valence-corrected chi connectivity index (χ1v) is 5.49. The standard InChI is InChI=1S/C12H17N3O/c1-14-6-7-15(12(16)8-13)11-5-3-2-4-10(11)9-14/h2-5H,6-9,13H2,1H3. The maximum absolute atomic E-state index is 11.8. The summed E-state index contributed by atoms with van der Waals surface area (Å²) in [6.45, 7) is 2.53. The molecule has 86 valence electrons. The molecule has 0 radical (unpaired) electrons. The van der Waals surface area contributed by atoms with Crippen LogP contribution < -0.4 is 10.6 Å². The number of amides is 1. The Hall–Kier alpha value is -1.39. The van der Waals surface area contributed by atoms with Gasteiger partial charge in [0.2, 0.25) is 5.91 Å². The Labute approximate surface area is 95.6 Å². The Morgan fingerprint density at radius 2 is 2.12 bits per heavy atom. The lowest BCUT2D eigenvalue weighted by atomic mass is 10.1. The maximum Gasteiger partial charge on any atom is 0.240 e. The predicted octanol–water partition coefficient (Wildman–Crippen LogP) is 0.424. The highest BCUT2D eigenvalue weighted by Gasteiger charge is 2.21. The highest BCUT2D eigenvalue weighted by molar-refractivity contribution is 5.95. The molecule has 1 aliphatic rings. The van der Waals surface area contributed by atoms with E-state index in [1.54, 1.807) is 4.90 Å². The number of likely N-dealkylation sites (N-methyl/N-ethyl adjacent to an activating group) is 1. The number of rotatable bonds is 1. The zero-order chi connectivity index (χ0) is 11.5. The minimum absolute atomic E-state index is 0.0113. The average molecular weight is 219 g/mol. The first-order valence-electron chi connectivity index (χ1n) is 5.49. The van der Waals surface area contributed by atoms with Crippen LogP contribution in [-0.4, -0.2) is 37.5 Å². The van der Waals surface area contributed by atoms with Crippen molar-refractivity contribution >= 4 is 11.6 Å². The molecule has 0 fully saturated rings. The number of hydrogen-bond donors (Lipinski definition) is 1. The molecule has 1 heterocycles. The molecule has 0 saturated carbocycles. The molecular formula is C12H17N3O. The van der Waals surface area contributed by atoms with Crippen molar-refractivity contribution in [2.45, 2.75) is 6.54 Å². The lowest BCUT2D eigenvalue weighted by molar-refractivity contribution is -0.117. The number of nitrogens with two attached hydrogens (primary N) is 1. The van der Waals surface area contributed by atoms with E-state index in [-0.39, 0.29) is 12.5 Å². The van der Waals surface area contributed by atoms with E-state index in [0.717, 1.165) is 18.8 Å². The molecule has 0 unspecified atom stereocenters. The van der Waals surface area contributed by atoms with Gasteiger partial charge in [0, 0.05) is 25.3 Å². The third-order valence-corrected chi connectivity index (χ3v) is 2.90. The number of carbonyl (C=O) groups excluding carboxylic acids is 1. The number of carbonyl (C=O) groups is 1. The molecule has 1 aliphatic heterocycles. The number of fused-ring (bicyclic) bond motifs is 1. The fourth-order valence-electron chi connectivity index (χ4n) is 2.04. The molecular weight excluding hydrogens is 202 g/mol. The molecule has 2 N–H and O–H groups in total. The lowest BCUT2D eigenvalue weighted by Gasteiger charge is -2.21. The van der Waals surface area contributed by atoms with Crippen LogP contribution in [0.5, 0.6) is 0 Å². The predicted molar refractivity (Wildman–Crippen MR) is 64.2 cm³/mol. The quantitative estimate of drug-likeness (QED) is 0.745. The molecule has 0 aliphatic carbocycles. The van der Waals surface area contributed by atoms with Crippen molar-refractivity contribution in [1.29, 1.82) is 0 Å². The summed E-state index contributed by atoms with van der Waals surface area (Å²) in [6, 6.07) is 8.01. The van der Waals surface area contributed by atoms with Gasteiger partial charge in [-0.05, 0) is 18.7 Å². The minimum Gasteiger partial charge on any atom is -0.322 e. The summed E-state index contributed by atoms with van der Waals surface area (Å²) in [5.74, 6) is -0.0113. The summed E-state index contributed by atoms with van der Waals surface area (Å²) in [5, 5.41) is 0. The van der Waals surface area contributed by atoms with Crippen LogP contribution in [0.1, 0.15) is 5.56 Å². The van der Waals surface area contributed by atoms with E-state index in [9.17, 15) is 4.79 Å². The fraction of sp³-hybridized carbons (Fsp3) is 0.417. The molecule has 4 heteroatoms. The summed E-state index contributed by atoms with van der Waals surface area (Å²) in [5.41, 5.74) is 7.63. The van der Waals surface area contributed by atoms with Gasteiger partial charge >= 0.3 is 0 Å². The molecule has 16 heavy (non-hydrogen) atoms. The normalized spacial score (nSPS) is 16.8. The molecule has 2 rings (SSSR count). The van der Waals surface area contributed by atoms with Crippen LogP contribution in [0.4, 0.5) is 5.69 Å². The Morgan fingerprint density at radius 3 is 2.88 bits per heavy atom. The van der Waals surface area contributed by atoms with Gasteiger partial charge in [-0.3, -0.25) is 4.79 Å². The largest absolute Gasteiger partial charge is 0.322 e. The molecule has 0 saturated heterocycles. The summed E-state index contributed by atoms with van der Waals surface area (Å²) in [7, 11) is 2.06. The van der Waals surface area contributed by atoms with Gasteiger partial charge < -0.3 is 15.5 Å². The number of benzene rings is 1. The van der Waals surface area contributed by atoms with Gasteiger partial charge in [0.1, 0.15) is 0 Å². The Bertz CT molecular complexity index is 392. The highest BCUT2D eigenvalue weighted by Crippen LogP contribution is 2.24. The zero-order valence-corrected chi connectivity index (χ0v) is 9.52. The second kappa shape index (κ2) is 4.63. The van der Waals surface area contributed by atoms with Gasteiger partial charge in [-0.25, -0.2) is 0 Å². The van der Waals surface area contributed by atoms with Gasteiger partial charge in [-0.15, -0.1) is 0 Å². The molecule has 0 spiro atoms. The molecule has 1 amide bonds. The molecule has 0 aromatic heterocycles. The number of nitrogens with zero attached hydrogens (tertiary/aromatic N) is 2. The zero-order valence-electron chi connectivity index (χ0n) is 9.52. The Kier molecular flexibility index (Phi) is 3.22. The molecule has 4 nitrogen and oxygen atoms in total. The van der Waals surface area contributed by atoms with Crippen LogP contribution >= 0.6 is 0 Å². The van der Waals surface area contributed by atoms with Gasteiger partial charge in [0.25, 0.3) is 0 Å². The smallest absolute Gasteiger partial charge is 0.240 e. The number of para-hydroxylation sites is 1. The number of hydrogen-bond acceptors (Lipinski definition) is 3. The number of anilines is 1. The lowest BCUT2D eigenvalue weighted by Crippen LogP contribution is -2.39. The highest BCUT2D eigenvalue weighted by atomic mass is 16.2. The summed E-state index contributed by atoms with van der Waals surface area (Å²) < 4.78 is 0. The second-order valence-electron chi connectivity index (χ2n) is 4.12. The van der Waals surface area contributed by atoms with E-state index in [0.29, 0.717) is 6.54 Å². The van der Waals surface area contributed by atoms with E-state index in [1.165, 1.54) is 5.56 Å². The average Bonchev–Trinajstić information content (AvgIpc) is 2.46. The Morgan fingerprint density at radius 1 is 1.38 bits per heavy atom. The Balaban J connectivity index is 2.38. The molecule has 1 aromatic rings. The third kappa shape index (κ3) is 2.08. The van der Waals surface area contributed by atoms with Crippen molar-refractivity contribution < 1.29 is 4.79 Å². The van der Waals surface area contributed by atoms with Crippen molar-refractivity contribution in [1.82, 2.24) is 4.90 Å². The molecule has 0 atom stereocenters. The summed E-state index contributed by atoms with van der Waals surface area (Å²) in [6.07, 6.45) is 0. The van der Waals surface area contributed by atoms with Crippen LogP contribution in [0.25, 0.3) is 0 Å². The van der Waals surface area contributed by atoms with Crippen LogP contribution in [-0.2, 0) is 11.3 Å². The van der Waals surface area contributed by atoms with Crippen molar-refractivity contribution in [2.75, 3.05) is 31.6 Å². The van der Waals surface area contributed by atoms with Crippen LogP contribution in [0.15, 0.2) is 24.3 Å². The van der Waals surface area contributed by atoms with Gasteiger partial charge in [0.15, 0.2) is 0 Å². The van der Waals surface area contributed by atoms with Crippen LogP contribution in [0.2, 0.25) is 0 Å². The maximum atomic E-state index is 11.8. The van der Waals surface area contributed by atoms with Crippen molar-refractivity contribution in [3.63, 3.8) is 0 Å². The second-order valence-corrected chi connectivity index (χ2v) is 4.12. The van der Waals surface area contributed by atoms with Crippen molar-refractivity contribution in [2.24, 2.45) is 5.73 Å². The van der Waals surface area contributed by atoms with Crippen LogP contribution in [0.3, 0.4) is 0 Å². The van der Waals surface area contributed by atoms with E-state index >= 15 is 0 Å². The summed E-state index contributed by atoms with van der Waals surface area (Å²) >= 11 is 0. The van der Waals surface area contributed by atoms with Gasteiger partial charge in [-0.2, -0.15) is 0 Å². The third-order valence-electron chi connectivity index (χ3n) is 2.90. The monoisotopic (exact) mass is 219 g/mol. The van der Waals surface area contributed by atoms with Crippen LogP contribution in [0, 0.1) is 0 Å². The first kappa shape index (κ1) is 11.1. The first-order chi connectivity index (χ1) is 7.72. The minimum atomic E-state index is -0.0113.